The number of ether oxygens (including phenoxy) is 1. The molecule has 2 rings (SSSR count). The van der Waals surface area contributed by atoms with Crippen molar-refractivity contribution in [1.29, 1.82) is 0 Å². The lowest BCUT2D eigenvalue weighted by Crippen LogP contribution is -2.37. The van der Waals surface area contributed by atoms with Gasteiger partial charge in [-0.05, 0) is 37.5 Å². The van der Waals surface area contributed by atoms with Gasteiger partial charge in [-0.1, -0.05) is 29.3 Å². The van der Waals surface area contributed by atoms with Gasteiger partial charge in [0, 0.05) is 6.04 Å². The molecule has 20 heavy (non-hydrogen) atoms. The van der Waals surface area contributed by atoms with E-state index in [2.05, 4.69) is 5.32 Å². The van der Waals surface area contributed by atoms with Gasteiger partial charge in [0.1, 0.15) is 0 Å². The van der Waals surface area contributed by atoms with Crippen molar-refractivity contribution in [3.05, 3.63) is 33.8 Å². The molecule has 1 amide bonds. The Hall–Kier alpha value is -1.26. The normalized spacial score (nSPS) is 15.6. The second-order valence-electron chi connectivity index (χ2n) is 4.84. The molecule has 6 heteroatoms. The first-order chi connectivity index (χ1) is 9.45. The van der Waals surface area contributed by atoms with Crippen LogP contribution in [0.15, 0.2) is 18.2 Å². The first kappa shape index (κ1) is 15.1. The van der Waals surface area contributed by atoms with Gasteiger partial charge >= 0.3 is 5.97 Å². The van der Waals surface area contributed by atoms with Crippen LogP contribution in [0.25, 0.3) is 0 Å². The number of carbonyl (C=O) groups excluding carboxylic acids is 2. The summed E-state index contributed by atoms with van der Waals surface area (Å²) >= 11 is 11.7. The van der Waals surface area contributed by atoms with Gasteiger partial charge in [0.25, 0.3) is 5.91 Å². The molecule has 0 spiro atoms. The van der Waals surface area contributed by atoms with E-state index in [0.29, 0.717) is 15.6 Å². The summed E-state index contributed by atoms with van der Waals surface area (Å²) in [4.78, 5) is 23.4. The maximum Gasteiger partial charge on any atom is 0.311 e. The fourth-order valence-corrected chi connectivity index (χ4v) is 1.98. The van der Waals surface area contributed by atoms with Crippen molar-refractivity contribution in [3.63, 3.8) is 0 Å². The predicted molar refractivity (Wildman–Crippen MR) is 76.9 cm³/mol. The summed E-state index contributed by atoms with van der Waals surface area (Å²) in [5.41, 5.74) is 0.694. The highest BCUT2D eigenvalue weighted by Crippen LogP contribution is 2.23. The Morgan fingerprint density at radius 3 is 2.65 bits per heavy atom. The van der Waals surface area contributed by atoms with Crippen LogP contribution in [0.4, 0.5) is 0 Å². The van der Waals surface area contributed by atoms with Crippen LogP contribution in [0.5, 0.6) is 0 Å². The summed E-state index contributed by atoms with van der Waals surface area (Å²) in [6.07, 6.45) is 1.26. The molecule has 0 aliphatic heterocycles. The highest BCUT2D eigenvalue weighted by molar-refractivity contribution is 6.42. The number of hydrogen-bond donors (Lipinski definition) is 1. The fourth-order valence-electron chi connectivity index (χ4n) is 1.65. The summed E-state index contributed by atoms with van der Waals surface area (Å²) in [6.45, 7) is 1.56. The van der Waals surface area contributed by atoms with E-state index in [-0.39, 0.29) is 18.4 Å². The molecular weight excluding hydrogens is 301 g/mol. The van der Waals surface area contributed by atoms with Gasteiger partial charge in [0.05, 0.1) is 16.5 Å². The minimum absolute atomic E-state index is 0.0535. The second kappa shape index (κ2) is 6.46. The van der Waals surface area contributed by atoms with Crippen LogP contribution in [0.2, 0.25) is 10.0 Å². The maximum absolute atomic E-state index is 11.7. The molecule has 0 saturated heterocycles. The number of carbonyl (C=O) groups is 2. The van der Waals surface area contributed by atoms with E-state index in [1.54, 1.807) is 25.1 Å². The Labute approximate surface area is 127 Å². The van der Waals surface area contributed by atoms with Crippen LogP contribution in [0.1, 0.15) is 25.3 Å². The second-order valence-corrected chi connectivity index (χ2v) is 5.65. The molecule has 0 radical (unpaired) electrons. The average Bonchev–Trinajstić information content (AvgIpc) is 3.17. The third-order valence-corrected chi connectivity index (χ3v) is 3.67. The molecule has 0 bridgehead atoms. The van der Waals surface area contributed by atoms with Gasteiger partial charge in [-0.25, -0.2) is 0 Å². The van der Waals surface area contributed by atoms with Gasteiger partial charge in [-0.2, -0.15) is 0 Å². The van der Waals surface area contributed by atoms with Crippen molar-refractivity contribution >= 4 is 35.1 Å². The highest BCUT2D eigenvalue weighted by Gasteiger charge is 2.27. The Morgan fingerprint density at radius 1 is 1.35 bits per heavy atom. The summed E-state index contributed by atoms with van der Waals surface area (Å²) < 4.78 is 5.09. The summed E-state index contributed by atoms with van der Waals surface area (Å²) in [7, 11) is 0. The number of hydrogen-bond acceptors (Lipinski definition) is 3. The van der Waals surface area contributed by atoms with E-state index in [4.69, 9.17) is 27.9 Å². The van der Waals surface area contributed by atoms with Gasteiger partial charge in [0.2, 0.25) is 0 Å². The summed E-state index contributed by atoms with van der Waals surface area (Å²) in [5, 5.41) is 3.60. The zero-order valence-corrected chi connectivity index (χ0v) is 12.5. The zero-order valence-electron chi connectivity index (χ0n) is 11.0. The molecule has 0 heterocycles. The first-order valence-electron chi connectivity index (χ1n) is 6.39. The number of rotatable bonds is 5. The molecule has 1 fully saturated rings. The van der Waals surface area contributed by atoms with Crippen LogP contribution in [0, 0.1) is 0 Å². The van der Waals surface area contributed by atoms with Crippen molar-refractivity contribution in [2.24, 2.45) is 0 Å². The summed E-state index contributed by atoms with van der Waals surface area (Å²) in [5.74, 6) is -0.725. The van der Waals surface area contributed by atoms with E-state index in [1.165, 1.54) is 0 Å². The van der Waals surface area contributed by atoms with E-state index < -0.39 is 12.1 Å². The van der Waals surface area contributed by atoms with E-state index >= 15 is 0 Å². The third-order valence-electron chi connectivity index (χ3n) is 2.93. The SMILES string of the molecule is C[C@@H](OC(=O)Cc1ccc(Cl)c(Cl)c1)C(=O)NC1CC1. The Balaban J connectivity index is 1.84. The molecule has 1 atom stereocenters. The maximum atomic E-state index is 11.7. The van der Waals surface area contributed by atoms with Crippen molar-refractivity contribution in [3.8, 4) is 0 Å². The molecule has 1 saturated carbocycles. The molecule has 1 aromatic carbocycles. The molecular formula is C14H15Cl2NO3. The molecule has 108 valence electrons. The van der Waals surface area contributed by atoms with E-state index in [9.17, 15) is 9.59 Å². The minimum atomic E-state index is -0.786. The van der Waals surface area contributed by atoms with E-state index in [0.717, 1.165) is 12.8 Å². The monoisotopic (exact) mass is 315 g/mol. The Morgan fingerprint density at radius 2 is 2.05 bits per heavy atom. The molecule has 1 N–H and O–H groups in total. The van der Waals surface area contributed by atoms with Crippen LogP contribution in [-0.2, 0) is 20.7 Å². The fraction of sp³-hybridized carbons (Fsp3) is 0.429. The Kier molecular flexibility index (Phi) is 4.89. The quantitative estimate of drug-likeness (QED) is 0.850. The van der Waals surface area contributed by atoms with Crippen molar-refractivity contribution in [1.82, 2.24) is 5.32 Å². The van der Waals surface area contributed by atoms with Crippen LogP contribution >= 0.6 is 23.2 Å². The minimum Gasteiger partial charge on any atom is -0.452 e. The molecule has 1 aromatic rings. The standard InChI is InChI=1S/C14H15Cl2NO3/c1-8(14(19)17-10-3-4-10)20-13(18)7-9-2-5-11(15)12(16)6-9/h2,5-6,8,10H,3-4,7H2,1H3,(H,17,19)/t8-/m1/s1. The molecule has 0 unspecified atom stereocenters. The Bertz CT molecular complexity index is 529. The van der Waals surface area contributed by atoms with Gasteiger partial charge in [0.15, 0.2) is 6.10 Å². The molecule has 4 nitrogen and oxygen atoms in total. The average molecular weight is 316 g/mol. The number of nitrogens with one attached hydrogen (secondary N) is 1. The van der Waals surface area contributed by atoms with Crippen LogP contribution in [0.3, 0.4) is 0 Å². The zero-order chi connectivity index (χ0) is 14.7. The number of halogens is 2. The topological polar surface area (TPSA) is 55.4 Å². The number of benzene rings is 1. The predicted octanol–water partition coefficient (Wildman–Crippen LogP) is 2.75. The number of esters is 1. The highest BCUT2D eigenvalue weighted by atomic mass is 35.5. The smallest absolute Gasteiger partial charge is 0.311 e. The lowest BCUT2D eigenvalue weighted by molar-refractivity contribution is -0.154. The van der Waals surface area contributed by atoms with Crippen LogP contribution < -0.4 is 5.32 Å². The molecule has 0 aromatic heterocycles. The van der Waals surface area contributed by atoms with Gasteiger partial charge in [-0.3, -0.25) is 9.59 Å². The van der Waals surface area contributed by atoms with E-state index in [1.807, 2.05) is 0 Å². The molecule has 1 aliphatic carbocycles. The van der Waals surface area contributed by atoms with Crippen LogP contribution in [-0.4, -0.2) is 24.0 Å². The largest absolute Gasteiger partial charge is 0.452 e. The van der Waals surface area contributed by atoms with Crippen molar-refractivity contribution in [2.75, 3.05) is 0 Å². The lowest BCUT2D eigenvalue weighted by atomic mass is 10.1. The van der Waals surface area contributed by atoms with Gasteiger partial charge in [-0.15, -0.1) is 0 Å². The summed E-state index contributed by atoms with van der Waals surface area (Å²) in [6, 6.07) is 5.18. The first-order valence-corrected chi connectivity index (χ1v) is 7.15. The molecule has 1 aliphatic rings. The lowest BCUT2D eigenvalue weighted by Gasteiger charge is -2.13. The number of amides is 1. The van der Waals surface area contributed by atoms with Crippen molar-refractivity contribution < 1.29 is 14.3 Å². The van der Waals surface area contributed by atoms with Gasteiger partial charge < -0.3 is 10.1 Å². The van der Waals surface area contributed by atoms with Crippen molar-refractivity contribution in [2.45, 2.75) is 38.3 Å². The third kappa shape index (κ3) is 4.39.